The van der Waals surface area contributed by atoms with Gasteiger partial charge < -0.3 is 9.13 Å². The number of hydrogen-bond donors (Lipinski definition) is 0. The Labute approximate surface area is 392 Å². The first-order valence-electron chi connectivity index (χ1n) is 23.2. The second-order valence-electron chi connectivity index (χ2n) is 17.7. The van der Waals surface area contributed by atoms with Crippen LogP contribution in [0.1, 0.15) is 22.3 Å². The van der Waals surface area contributed by atoms with E-state index in [1.807, 2.05) is 0 Å². The molecule has 0 aliphatic heterocycles. The van der Waals surface area contributed by atoms with Gasteiger partial charge in [0.15, 0.2) is 0 Å². The Hall–Kier alpha value is -9.34. The quantitative estimate of drug-likeness (QED) is 0.153. The zero-order valence-corrected chi connectivity index (χ0v) is 36.8. The molecule has 0 amide bonds. The molecule has 0 spiro atoms. The molecule has 0 fully saturated rings. The van der Waals surface area contributed by atoms with Crippen molar-refractivity contribution in [1.82, 2.24) is 9.13 Å². The lowest BCUT2D eigenvalue weighted by Gasteiger charge is -2.09. The molecule has 0 atom stereocenters. The second-order valence-corrected chi connectivity index (χ2v) is 17.7. The van der Waals surface area contributed by atoms with E-state index < -0.39 is 0 Å². The van der Waals surface area contributed by atoms with Crippen molar-refractivity contribution in [3.8, 4) is 35.1 Å². The number of fused-ring (bicyclic) bond motifs is 15. The molecule has 2 heteroatoms. The Morgan fingerprint density at radius 2 is 0.500 bits per heavy atom. The lowest BCUT2D eigenvalue weighted by Crippen LogP contribution is -1.94. The SMILES string of the molecule is C(#Cc1ccc(C#Cc2ccc(-n3c4ccc5ccccc5c4c4c5ccccc5ccc43)cc2)c2ccccc12)c1ccc(-n2c3ccc4ccccc4c3c3c4ccccc4ccc32)cc1. The van der Waals surface area contributed by atoms with Gasteiger partial charge in [-0.25, -0.2) is 0 Å². The molecule has 12 aromatic carbocycles. The molecule has 0 aliphatic rings. The van der Waals surface area contributed by atoms with Crippen molar-refractivity contribution >= 4 is 97.5 Å². The first-order chi connectivity index (χ1) is 33.7. The van der Waals surface area contributed by atoms with Crippen LogP contribution in [0.15, 0.2) is 231 Å². The zero-order valence-electron chi connectivity index (χ0n) is 36.8. The maximum atomic E-state index is 3.52. The van der Waals surface area contributed by atoms with Gasteiger partial charge in [0, 0.05) is 55.2 Å². The Bertz CT molecular complexity index is 4060. The summed E-state index contributed by atoms with van der Waals surface area (Å²) in [5.74, 6) is 14.0. The molecule has 2 aromatic heterocycles. The molecular formula is C66H38N2. The van der Waals surface area contributed by atoms with Crippen molar-refractivity contribution in [2.75, 3.05) is 0 Å². The molecular weight excluding hydrogens is 821 g/mol. The lowest BCUT2D eigenvalue weighted by molar-refractivity contribution is 1.18. The molecule has 312 valence electrons. The third-order valence-electron chi connectivity index (χ3n) is 13.9. The van der Waals surface area contributed by atoms with E-state index >= 15 is 0 Å². The monoisotopic (exact) mass is 858 g/mol. The predicted octanol–water partition coefficient (Wildman–Crippen LogP) is 16.4. The van der Waals surface area contributed by atoms with E-state index in [0.717, 1.165) is 44.4 Å². The van der Waals surface area contributed by atoms with Crippen LogP contribution in [-0.2, 0) is 0 Å². The summed E-state index contributed by atoms with van der Waals surface area (Å²) in [6, 6.07) is 82.9. The third-order valence-corrected chi connectivity index (χ3v) is 13.9. The van der Waals surface area contributed by atoms with Gasteiger partial charge in [-0.2, -0.15) is 0 Å². The summed E-state index contributed by atoms with van der Waals surface area (Å²) >= 11 is 0. The minimum Gasteiger partial charge on any atom is -0.309 e. The molecule has 0 aliphatic carbocycles. The molecule has 0 unspecified atom stereocenters. The highest BCUT2D eigenvalue weighted by atomic mass is 15.0. The van der Waals surface area contributed by atoms with Crippen LogP contribution in [0.25, 0.3) is 109 Å². The number of hydrogen-bond acceptors (Lipinski definition) is 0. The van der Waals surface area contributed by atoms with Gasteiger partial charge >= 0.3 is 0 Å². The minimum atomic E-state index is 0.962. The van der Waals surface area contributed by atoms with Crippen LogP contribution >= 0.6 is 0 Å². The van der Waals surface area contributed by atoms with Gasteiger partial charge in [-0.1, -0.05) is 169 Å². The molecule has 0 bridgehead atoms. The molecule has 0 saturated heterocycles. The Balaban J connectivity index is 0.790. The zero-order chi connectivity index (χ0) is 44.7. The van der Waals surface area contributed by atoms with E-state index in [-0.39, 0.29) is 0 Å². The lowest BCUT2D eigenvalue weighted by atomic mass is 9.99. The molecule has 0 saturated carbocycles. The van der Waals surface area contributed by atoms with E-state index in [0.29, 0.717) is 0 Å². The third kappa shape index (κ3) is 5.89. The summed E-state index contributed by atoms with van der Waals surface area (Å²) in [5.41, 5.74) is 10.9. The van der Waals surface area contributed by atoms with E-state index in [2.05, 4.69) is 263 Å². The summed E-state index contributed by atoms with van der Waals surface area (Å²) in [6.45, 7) is 0. The minimum absolute atomic E-state index is 0.962. The summed E-state index contributed by atoms with van der Waals surface area (Å²) < 4.78 is 4.80. The van der Waals surface area contributed by atoms with Gasteiger partial charge in [0.1, 0.15) is 0 Å². The molecule has 0 N–H and O–H groups in total. The van der Waals surface area contributed by atoms with Crippen LogP contribution in [0.3, 0.4) is 0 Å². The van der Waals surface area contributed by atoms with Gasteiger partial charge in [0.2, 0.25) is 0 Å². The van der Waals surface area contributed by atoms with Crippen LogP contribution in [0, 0.1) is 23.7 Å². The highest BCUT2D eigenvalue weighted by Gasteiger charge is 2.19. The van der Waals surface area contributed by atoms with Gasteiger partial charge in [-0.15, -0.1) is 0 Å². The molecule has 2 nitrogen and oxygen atoms in total. The van der Waals surface area contributed by atoms with Crippen molar-refractivity contribution in [1.29, 1.82) is 0 Å². The highest BCUT2D eigenvalue weighted by molar-refractivity contribution is 6.29. The smallest absolute Gasteiger partial charge is 0.0547 e. The summed E-state index contributed by atoms with van der Waals surface area (Å²) in [6.07, 6.45) is 0. The van der Waals surface area contributed by atoms with Gasteiger partial charge in [-0.3, -0.25) is 0 Å². The summed E-state index contributed by atoms with van der Waals surface area (Å²) in [4.78, 5) is 0. The molecule has 2 heterocycles. The fourth-order valence-electron chi connectivity index (χ4n) is 10.8. The maximum Gasteiger partial charge on any atom is 0.0547 e. The average molecular weight is 859 g/mol. The largest absolute Gasteiger partial charge is 0.309 e. The first kappa shape index (κ1) is 38.0. The normalized spacial score (nSPS) is 11.6. The summed E-state index contributed by atoms with van der Waals surface area (Å²) in [5, 5.41) is 17.4. The number of benzene rings is 12. The second kappa shape index (κ2) is 15.1. The Kier molecular flexibility index (Phi) is 8.44. The van der Waals surface area contributed by atoms with E-state index in [4.69, 9.17) is 0 Å². The highest BCUT2D eigenvalue weighted by Crippen LogP contribution is 2.42. The number of aromatic nitrogens is 2. The van der Waals surface area contributed by atoms with Crippen LogP contribution in [0.2, 0.25) is 0 Å². The van der Waals surface area contributed by atoms with E-state index in [1.165, 1.54) is 86.7 Å². The van der Waals surface area contributed by atoms with Crippen molar-refractivity contribution in [3.63, 3.8) is 0 Å². The Morgan fingerprint density at radius 1 is 0.221 bits per heavy atom. The molecule has 14 aromatic rings. The van der Waals surface area contributed by atoms with Gasteiger partial charge in [0.05, 0.1) is 22.1 Å². The van der Waals surface area contributed by atoms with Crippen molar-refractivity contribution < 1.29 is 0 Å². The van der Waals surface area contributed by atoms with E-state index in [1.54, 1.807) is 0 Å². The van der Waals surface area contributed by atoms with Crippen LogP contribution in [0.5, 0.6) is 0 Å². The standard InChI is InChI=1S/C66H38N2/c1-5-17-55-45(11-1)31-39-59-63(55)64-56-18-6-2-12-46(56)32-40-60(64)67(59)51-35-23-43(24-36-51)21-27-49-29-30-50(54-16-10-9-15-53(49)54)28-22-44-25-37-52(38-26-44)68-61-41-33-47-13-3-7-19-57(47)65(61)66-58-20-8-4-14-48(58)34-42-62(66)68/h1-20,23-26,29-42H. The number of rotatable bonds is 2. The maximum absolute atomic E-state index is 3.52. The molecule has 0 radical (unpaired) electrons. The van der Waals surface area contributed by atoms with Crippen LogP contribution in [-0.4, -0.2) is 9.13 Å². The Morgan fingerprint density at radius 3 is 0.809 bits per heavy atom. The van der Waals surface area contributed by atoms with Crippen LogP contribution < -0.4 is 0 Å². The first-order valence-corrected chi connectivity index (χ1v) is 23.2. The van der Waals surface area contributed by atoms with Gasteiger partial charge in [0.25, 0.3) is 0 Å². The topological polar surface area (TPSA) is 9.86 Å². The predicted molar refractivity (Wildman–Crippen MR) is 287 cm³/mol. The van der Waals surface area contributed by atoms with Crippen molar-refractivity contribution in [3.05, 3.63) is 253 Å². The number of nitrogens with zero attached hydrogens (tertiary/aromatic N) is 2. The van der Waals surface area contributed by atoms with Gasteiger partial charge in [-0.05, 0) is 139 Å². The average Bonchev–Trinajstić information content (AvgIpc) is 3.94. The van der Waals surface area contributed by atoms with E-state index in [9.17, 15) is 0 Å². The summed E-state index contributed by atoms with van der Waals surface area (Å²) in [7, 11) is 0. The molecule has 14 rings (SSSR count). The molecule has 68 heavy (non-hydrogen) atoms. The van der Waals surface area contributed by atoms with Crippen molar-refractivity contribution in [2.45, 2.75) is 0 Å². The fourth-order valence-corrected chi connectivity index (χ4v) is 10.8. The fraction of sp³-hybridized carbons (Fsp3) is 0. The van der Waals surface area contributed by atoms with Crippen LogP contribution in [0.4, 0.5) is 0 Å². The van der Waals surface area contributed by atoms with Crippen molar-refractivity contribution in [2.24, 2.45) is 0 Å².